The molecule has 0 saturated carbocycles. The second-order valence-electron chi connectivity index (χ2n) is 6.06. The Balaban J connectivity index is 2.69. The van der Waals surface area contributed by atoms with Crippen molar-refractivity contribution in [1.29, 1.82) is 0 Å². The van der Waals surface area contributed by atoms with Crippen LogP contribution >= 0.6 is 0 Å². The molecule has 122 valence electrons. The molecule has 1 rings (SSSR count). The van der Waals surface area contributed by atoms with Gasteiger partial charge < -0.3 is 20.1 Å². The molecular formula is C16H24N2O4. The van der Waals surface area contributed by atoms with Crippen molar-refractivity contribution in [2.45, 2.75) is 46.3 Å². The fourth-order valence-electron chi connectivity index (χ4n) is 1.71. The van der Waals surface area contributed by atoms with E-state index in [1.165, 1.54) is 7.11 Å². The first-order valence-electron chi connectivity index (χ1n) is 7.07. The Labute approximate surface area is 131 Å². The molecule has 22 heavy (non-hydrogen) atoms. The van der Waals surface area contributed by atoms with Crippen LogP contribution in [0.4, 0.5) is 10.5 Å². The van der Waals surface area contributed by atoms with Gasteiger partial charge in [0.15, 0.2) is 0 Å². The number of carbonyl (C=O) groups excluding carboxylic acids is 2. The number of carbonyl (C=O) groups is 2. The third-order valence-electron chi connectivity index (χ3n) is 2.74. The van der Waals surface area contributed by atoms with E-state index in [0.29, 0.717) is 11.4 Å². The van der Waals surface area contributed by atoms with Crippen LogP contribution in [0.15, 0.2) is 18.2 Å². The second kappa shape index (κ2) is 7.15. The van der Waals surface area contributed by atoms with Gasteiger partial charge in [0.25, 0.3) is 0 Å². The molecule has 0 aliphatic carbocycles. The SMILES string of the molecule is COc1ccc(C)cc1NC(=O)[C@H](C)NC(=O)OC(C)(C)C. The van der Waals surface area contributed by atoms with Crippen LogP contribution in [0.5, 0.6) is 5.75 Å². The summed E-state index contributed by atoms with van der Waals surface area (Å²) in [4.78, 5) is 23.8. The molecule has 0 aliphatic rings. The van der Waals surface area contributed by atoms with Crippen LogP contribution in [-0.4, -0.2) is 30.8 Å². The average molecular weight is 308 g/mol. The maximum Gasteiger partial charge on any atom is 0.408 e. The molecule has 1 aromatic rings. The fraction of sp³-hybridized carbons (Fsp3) is 0.500. The Morgan fingerprint density at radius 1 is 1.23 bits per heavy atom. The first-order chi connectivity index (χ1) is 10.1. The van der Waals surface area contributed by atoms with Gasteiger partial charge in [-0.15, -0.1) is 0 Å². The van der Waals surface area contributed by atoms with Crippen molar-refractivity contribution < 1.29 is 19.1 Å². The third-order valence-corrected chi connectivity index (χ3v) is 2.74. The van der Waals surface area contributed by atoms with E-state index in [-0.39, 0.29) is 5.91 Å². The summed E-state index contributed by atoms with van der Waals surface area (Å²) in [7, 11) is 1.53. The summed E-state index contributed by atoms with van der Waals surface area (Å²) >= 11 is 0. The fourth-order valence-corrected chi connectivity index (χ4v) is 1.71. The lowest BCUT2D eigenvalue weighted by Gasteiger charge is -2.22. The summed E-state index contributed by atoms with van der Waals surface area (Å²) in [5.41, 5.74) is 0.939. The molecule has 0 fully saturated rings. The van der Waals surface area contributed by atoms with Gasteiger partial charge in [0, 0.05) is 0 Å². The number of benzene rings is 1. The predicted molar refractivity (Wildman–Crippen MR) is 85.2 cm³/mol. The summed E-state index contributed by atoms with van der Waals surface area (Å²) in [5, 5.41) is 5.23. The van der Waals surface area contributed by atoms with Crippen molar-refractivity contribution in [3.63, 3.8) is 0 Å². The normalized spacial score (nSPS) is 12.3. The van der Waals surface area contributed by atoms with E-state index < -0.39 is 17.7 Å². The van der Waals surface area contributed by atoms with Crippen molar-refractivity contribution >= 4 is 17.7 Å². The van der Waals surface area contributed by atoms with E-state index >= 15 is 0 Å². The van der Waals surface area contributed by atoms with E-state index in [2.05, 4.69) is 10.6 Å². The standard InChI is InChI=1S/C16H24N2O4/c1-10-7-8-13(21-6)12(9-10)18-14(19)11(2)17-15(20)22-16(3,4)5/h7-9,11H,1-6H3,(H,17,20)(H,18,19)/t11-/m0/s1. The smallest absolute Gasteiger partial charge is 0.408 e. The Morgan fingerprint density at radius 3 is 2.41 bits per heavy atom. The number of nitrogens with one attached hydrogen (secondary N) is 2. The Kier molecular flexibility index (Phi) is 5.79. The first-order valence-corrected chi connectivity index (χ1v) is 7.07. The average Bonchev–Trinajstić information content (AvgIpc) is 2.36. The highest BCUT2D eigenvalue weighted by Gasteiger charge is 2.21. The minimum atomic E-state index is -0.736. The number of methoxy groups -OCH3 is 1. The highest BCUT2D eigenvalue weighted by atomic mass is 16.6. The molecule has 1 aromatic carbocycles. The van der Waals surface area contributed by atoms with Gasteiger partial charge in [-0.25, -0.2) is 4.79 Å². The molecule has 0 aliphatic heterocycles. The topological polar surface area (TPSA) is 76.7 Å². The molecule has 0 aromatic heterocycles. The van der Waals surface area contributed by atoms with Crippen molar-refractivity contribution in [3.05, 3.63) is 23.8 Å². The number of hydrogen-bond donors (Lipinski definition) is 2. The van der Waals surface area contributed by atoms with Crippen LogP contribution in [0.2, 0.25) is 0 Å². The highest BCUT2D eigenvalue weighted by Crippen LogP contribution is 2.25. The number of aryl methyl sites for hydroxylation is 1. The molecule has 0 unspecified atom stereocenters. The Bertz CT molecular complexity index is 550. The maximum atomic E-state index is 12.2. The molecule has 0 saturated heterocycles. The predicted octanol–water partition coefficient (Wildman–Crippen LogP) is 2.86. The summed E-state index contributed by atoms with van der Waals surface area (Å²) in [5.74, 6) is 0.207. The largest absolute Gasteiger partial charge is 0.495 e. The summed E-state index contributed by atoms with van der Waals surface area (Å²) < 4.78 is 10.3. The second-order valence-corrected chi connectivity index (χ2v) is 6.06. The van der Waals surface area contributed by atoms with Gasteiger partial charge in [-0.1, -0.05) is 6.07 Å². The van der Waals surface area contributed by atoms with Gasteiger partial charge in [0.2, 0.25) is 5.91 Å². The molecule has 2 N–H and O–H groups in total. The maximum absolute atomic E-state index is 12.2. The summed E-state index contributed by atoms with van der Waals surface area (Å²) in [6.45, 7) is 8.78. The quantitative estimate of drug-likeness (QED) is 0.896. The number of hydrogen-bond acceptors (Lipinski definition) is 4. The van der Waals surface area contributed by atoms with E-state index in [0.717, 1.165) is 5.56 Å². The number of anilines is 1. The van der Waals surface area contributed by atoms with Crippen LogP contribution in [0.25, 0.3) is 0 Å². The van der Waals surface area contributed by atoms with Crippen molar-refractivity contribution in [2.24, 2.45) is 0 Å². The number of alkyl carbamates (subject to hydrolysis) is 1. The molecule has 0 bridgehead atoms. The minimum Gasteiger partial charge on any atom is -0.495 e. The van der Waals surface area contributed by atoms with Crippen molar-refractivity contribution in [1.82, 2.24) is 5.32 Å². The molecule has 0 spiro atoms. The molecule has 6 heteroatoms. The zero-order chi connectivity index (χ0) is 16.9. The van der Waals surface area contributed by atoms with Crippen molar-refractivity contribution in [3.8, 4) is 5.75 Å². The van der Waals surface area contributed by atoms with E-state index in [1.54, 1.807) is 39.8 Å². The monoisotopic (exact) mass is 308 g/mol. The molecule has 1 atom stereocenters. The van der Waals surface area contributed by atoms with Crippen LogP contribution in [0.1, 0.15) is 33.3 Å². The molecule has 0 heterocycles. The lowest BCUT2D eigenvalue weighted by atomic mass is 10.2. The van der Waals surface area contributed by atoms with E-state index in [1.807, 2.05) is 13.0 Å². The van der Waals surface area contributed by atoms with Gasteiger partial charge in [-0.05, 0) is 52.3 Å². The van der Waals surface area contributed by atoms with Crippen LogP contribution in [-0.2, 0) is 9.53 Å². The van der Waals surface area contributed by atoms with E-state index in [4.69, 9.17) is 9.47 Å². The lowest BCUT2D eigenvalue weighted by molar-refractivity contribution is -0.117. The number of ether oxygens (including phenoxy) is 2. The van der Waals surface area contributed by atoms with Crippen LogP contribution in [0, 0.1) is 6.92 Å². The summed E-state index contributed by atoms with van der Waals surface area (Å²) in [6.07, 6.45) is -0.633. The van der Waals surface area contributed by atoms with Gasteiger partial charge in [0.1, 0.15) is 17.4 Å². The van der Waals surface area contributed by atoms with Crippen LogP contribution < -0.4 is 15.4 Å². The molecule has 6 nitrogen and oxygen atoms in total. The lowest BCUT2D eigenvalue weighted by Crippen LogP contribution is -2.44. The zero-order valence-electron chi connectivity index (χ0n) is 13.9. The van der Waals surface area contributed by atoms with Crippen molar-refractivity contribution in [2.75, 3.05) is 12.4 Å². The molecule has 2 amide bonds. The van der Waals surface area contributed by atoms with Gasteiger partial charge in [-0.3, -0.25) is 4.79 Å². The number of amides is 2. The van der Waals surface area contributed by atoms with Gasteiger partial charge in [0.05, 0.1) is 12.8 Å². The van der Waals surface area contributed by atoms with Gasteiger partial charge >= 0.3 is 6.09 Å². The molecular weight excluding hydrogens is 284 g/mol. The van der Waals surface area contributed by atoms with Gasteiger partial charge in [-0.2, -0.15) is 0 Å². The Hall–Kier alpha value is -2.24. The highest BCUT2D eigenvalue weighted by molar-refractivity contribution is 5.97. The Morgan fingerprint density at radius 2 is 1.86 bits per heavy atom. The zero-order valence-corrected chi connectivity index (χ0v) is 13.9. The minimum absolute atomic E-state index is 0.352. The van der Waals surface area contributed by atoms with E-state index in [9.17, 15) is 9.59 Å². The molecule has 0 radical (unpaired) electrons. The third kappa shape index (κ3) is 5.63. The first kappa shape index (κ1) is 17.8. The van der Waals surface area contributed by atoms with Crippen LogP contribution in [0.3, 0.4) is 0 Å². The number of rotatable bonds is 4. The summed E-state index contributed by atoms with van der Waals surface area (Å²) in [6, 6.07) is 4.73.